The van der Waals surface area contributed by atoms with Crippen molar-refractivity contribution in [2.75, 3.05) is 5.73 Å². The van der Waals surface area contributed by atoms with E-state index in [2.05, 4.69) is 10.2 Å². The molecule has 0 radical (unpaired) electrons. The largest absolute Gasteiger partial charge is 0.387 e. The molecule has 0 spiro atoms. The molecule has 0 saturated heterocycles. The van der Waals surface area contributed by atoms with Gasteiger partial charge in [-0.15, -0.1) is 0 Å². The summed E-state index contributed by atoms with van der Waals surface area (Å²) in [5, 5.41) is 15.9. The fourth-order valence-electron chi connectivity index (χ4n) is 0.864. The lowest BCUT2D eigenvalue weighted by Gasteiger charge is -2.10. The Kier molecular flexibility index (Phi) is 2.14. The third kappa shape index (κ3) is 1.71. The molecule has 11 heavy (non-hydrogen) atoms. The van der Waals surface area contributed by atoms with Crippen LogP contribution in [0.2, 0.25) is 0 Å². The molecular formula is C7H13N3O. The zero-order valence-electron chi connectivity index (χ0n) is 6.70. The van der Waals surface area contributed by atoms with Crippen molar-refractivity contribution in [3.05, 3.63) is 11.8 Å². The maximum atomic E-state index is 9.48. The summed E-state index contributed by atoms with van der Waals surface area (Å²) in [6.07, 6.45) is -0.500. The Morgan fingerprint density at radius 1 is 1.64 bits per heavy atom. The first kappa shape index (κ1) is 8.07. The molecule has 4 N–H and O–H groups in total. The summed E-state index contributed by atoms with van der Waals surface area (Å²) in [6.45, 7) is 3.86. The topological polar surface area (TPSA) is 74.9 Å². The van der Waals surface area contributed by atoms with Crippen LogP contribution in [0.1, 0.15) is 25.6 Å². The van der Waals surface area contributed by atoms with E-state index < -0.39 is 6.10 Å². The number of nitrogens with one attached hydrogen (secondary N) is 1. The summed E-state index contributed by atoms with van der Waals surface area (Å²) in [4.78, 5) is 0. The Bertz CT molecular complexity index is 231. The third-order valence-corrected chi connectivity index (χ3v) is 1.57. The van der Waals surface area contributed by atoms with Gasteiger partial charge in [0.2, 0.25) is 0 Å². The maximum Gasteiger partial charge on any atom is 0.145 e. The standard InChI is InChI=1S/C7H13N3O/c1-4(2)7(11)5-3-6(8)10-9-5/h3-4,7,11H,1-2H3,(H3,8,9,10)/t7-/m1/s1. The van der Waals surface area contributed by atoms with Gasteiger partial charge in [-0.05, 0) is 5.92 Å². The summed E-state index contributed by atoms with van der Waals surface area (Å²) < 4.78 is 0. The van der Waals surface area contributed by atoms with Crippen molar-refractivity contribution in [1.82, 2.24) is 10.2 Å². The van der Waals surface area contributed by atoms with E-state index in [4.69, 9.17) is 5.73 Å². The number of anilines is 1. The zero-order valence-corrected chi connectivity index (χ0v) is 6.70. The van der Waals surface area contributed by atoms with Gasteiger partial charge in [-0.2, -0.15) is 5.10 Å². The number of aromatic nitrogens is 2. The third-order valence-electron chi connectivity index (χ3n) is 1.57. The van der Waals surface area contributed by atoms with Crippen molar-refractivity contribution in [3.63, 3.8) is 0 Å². The van der Waals surface area contributed by atoms with Crippen molar-refractivity contribution < 1.29 is 5.11 Å². The van der Waals surface area contributed by atoms with Gasteiger partial charge in [0, 0.05) is 6.07 Å². The smallest absolute Gasteiger partial charge is 0.145 e. The molecule has 1 aromatic rings. The minimum Gasteiger partial charge on any atom is -0.387 e. The van der Waals surface area contributed by atoms with Gasteiger partial charge >= 0.3 is 0 Å². The molecule has 4 nitrogen and oxygen atoms in total. The molecule has 0 aliphatic heterocycles. The van der Waals surface area contributed by atoms with Gasteiger partial charge in [-0.25, -0.2) is 0 Å². The average molecular weight is 155 g/mol. The van der Waals surface area contributed by atoms with Gasteiger partial charge in [0.05, 0.1) is 11.8 Å². The summed E-state index contributed by atoms with van der Waals surface area (Å²) >= 11 is 0. The van der Waals surface area contributed by atoms with Crippen LogP contribution in [0.3, 0.4) is 0 Å². The molecule has 1 rings (SSSR count). The van der Waals surface area contributed by atoms with E-state index >= 15 is 0 Å². The van der Waals surface area contributed by atoms with Crippen LogP contribution in [0.15, 0.2) is 6.07 Å². The molecule has 62 valence electrons. The monoisotopic (exact) mass is 155 g/mol. The number of nitrogens with two attached hydrogens (primary N) is 1. The Morgan fingerprint density at radius 3 is 2.64 bits per heavy atom. The number of rotatable bonds is 2. The van der Waals surface area contributed by atoms with E-state index in [-0.39, 0.29) is 5.92 Å². The molecule has 0 aliphatic carbocycles. The van der Waals surface area contributed by atoms with Crippen molar-refractivity contribution in [1.29, 1.82) is 0 Å². The molecule has 0 saturated carbocycles. The van der Waals surface area contributed by atoms with E-state index in [0.717, 1.165) is 0 Å². The average Bonchev–Trinajstić information content (AvgIpc) is 2.34. The fraction of sp³-hybridized carbons (Fsp3) is 0.571. The summed E-state index contributed by atoms with van der Waals surface area (Å²) in [5.41, 5.74) is 6.04. The molecule has 4 heteroatoms. The van der Waals surface area contributed by atoms with Gasteiger partial charge in [0.15, 0.2) is 0 Å². The normalized spacial score (nSPS) is 13.8. The van der Waals surface area contributed by atoms with Crippen molar-refractivity contribution in [2.45, 2.75) is 20.0 Å². The second-order valence-corrected chi connectivity index (χ2v) is 2.94. The van der Waals surface area contributed by atoms with Crippen LogP contribution >= 0.6 is 0 Å². The minimum absolute atomic E-state index is 0.176. The predicted molar refractivity (Wildman–Crippen MR) is 42.8 cm³/mol. The number of hydrogen-bond acceptors (Lipinski definition) is 3. The zero-order chi connectivity index (χ0) is 8.43. The summed E-state index contributed by atoms with van der Waals surface area (Å²) in [5.74, 6) is 0.592. The predicted octanol–water partition coefficient (Wildman–Crippen LogP) is 0.681. The van der Waals surface area contributed by atoms with Gasteiger partial charge in [-0.3, -0.25) is 5.10 Å². The number of hydrogen-bond donors (Lipinski definition) is 3. The van der Waals surface area contributed by atoms with E-state index in [0.29, 0.717) is 11.5 Å². The lowest BCUT2D eigenvalue weighted by molar-refractivity contribution is 0.122. The highest BCUT2D eigenvalue weighted by Crippen LogP contribution is 2.19. The molecule has 1 heterocycles. The number of aromatic amines is 1. The van der Waals surface area contributed by atoms with E-state index in [1.54, 1.807) is 6.07 Å². The van der Waals surface area contributed by atoms with E-state index in [1.165, 1.54) is 0 Å². The van der Waals surface area contributed by atoms with E-state index in [9.17, 15) is 5.11 Å². The molecule has 1 atom stereocenters. The number of aliphatic hydroxyl groups excluding tert-OH is 1. The van der Waals surface area contributed by atoms with Crippen LogP contribution in [0.25, 0.3) is 0 Å². The molecule has 0 fully saturated rings. The highest BCUT2D eigenvalue weighted by molar-refractivity contribution is 5.29. The van der Waals surface area contributed by atoms with Crippen LogP contribution in [-0.2, 0) is 0 Å². The lowest BCUT2D eigenvalue weighted by atomic mass is 10.1. The van der Waals surface area contributed by atoms with Gasteiger partial charge in [-0.1, -0.05) is 13.8 Å². The second-order valence-electron chi connectivity index (χ2n) is 2.94. The van der Waals surface area contributed by atoms with Crippen LogP contribution in [0.4, 0.5) is 5.82 Å². The molecule has 0 aliphatic rings. The van der Waals surface area contributed by atoms with Gasteiger partial charge in [0.1, 0.15) is 5.82 Å². The number of aliphatic hydroxyl groups is 1. The minimum atomic E-state index is -0.500. The van der Waals surface area contributed by atoms with Gasteiger partial charge < -0.3 is 10.8 Å². The van der Waals surface area contributed by atoms with Crippen LogP contribution in [0, 0.1) is 5.92 Å². The van der Waals surface area contributed by atoms with E-state index in [1.807, 2.05) is 13.8 Å². The maximum absolute atomic E-state index is 9.48. The Morgan fingerprint density at radius 2 is 2.27 bits per heavy atom. The first-order valence-corrected chi connectivity index (χ1v) is 3.60. The molecule has 1 aromatic heterocycles. The van der Waals surface area contributed by atoms with Crippen molar-refractivity contribution in [3.8, 4) is 0 Å². The van der Waals surface area contributed by atoms with Gasteiger partial charge in [0.25, 0.3) is 0 Å². The number of nitrogen functional groups attached to an aromatic ring is 1. The summed E-state index contributed by atoms with van der Waals surface area (Å²) in [7, 11) is 0. The lowest BCUT2D eigenvalue weighted by Crippen LogP contribution is -2.05. The Balaban J connectivity index is 2.76. The SMILES string of the molecule is CC(C)[C@@H](O)c1cc(N)n[nH]1. The summed E-state index contributed by atoms with van der Waals surface area (Å²) in [6, 6.07) is 1.64. The number of H-pyrrole nitrogens is 1. The highest BCUT2D eigenvalue weighted by atomic mass is 16.3. The molecule has 0 aromatic carbocycles. The van der Waals surface area contributed by atoms with Crippen molar-refractivity contribution in [2.24, 2.45) is 5.92 Å². The van der Waals surface area contributed by atoms with Crippen LogP contribution in [0.5, 0.6) is 0 Å². The number of nitrogens with zero attached hydrogens (tertiary/aromatic N) is 1. The van der Waals surface area contributed by atoms with Crippen LogP contribution < -0.4 is 5.73 Å². The highest BCUT2D eigenvalue weighted by Gasteiger charge is 2.13. The van der Waals surface area contributed by atoms with Crippen molar-refractivity contribution >= 4 is 5.82 Å². The fourth-order valence-corrected chi connectivity index (χ4v) is 0.864. The Hall–Kier alpha value is -1.03. The molecule has 0 bridgehead atoms. The second kappa shape index (κ2) is 2.92. The first-order chi connectivity index (χ1) is 5.11. The Labute approximate surface area is 65.4 Å². The quantitative estimate of drug-likeness (QED) is 0.588. The molecular weight excluding hydrogens is 142 g/mol. The van der Waals surface area contributed by atoms with Crippen LogP contribution in [-0.4, -0.2) is 15.3 Å². The first-order valence-electron chi connectivity index (χ1n) is 3.60. The molecule has 0 amide bonds. The molecule has 0 unspecified atom stereocenters.